The number of hydrogen-bond acceptors (Lipinski definition) is 5. The van der Waals surface area contributed by atoms with E-state index in [-0.39, 0.29) is 11.6 Å². The Balaban J connectivity index is 1.74. The summed E-state index contributed by atoms with van der Waals surface area (Å²) >= 11 is 7.18. The number of thiazole rings is 1. The van der Waals surface area contributed by atoms with E-state index < -0.39 is 4.92 Å². The Kier molecular flexibility index (Phi) is 5.29. The molecule has 0 aliphatic carbocycles. The summed E-state index contributed by atoms with van der Waals surface area (Å²) in [6.07, 6.45) is 0.516. The summed E-state index contributed by atoms with van der Waals surface area (Å²) in [5.74, 6) is -0.266. The van der Waals surface area contributed by atoms with Crippen LogP contribution in [0.5, 0.6) is 0 Å². The molecule has 1 amide bonds. The van der Waals surface area contributed by atoms with Gasteiger partial charge in [-0.05, 0) is 36.8 Å². The molecular formula is C18H14ClN3O3S. The van der Waals surface area contributed by atoms with Gasteiger partial charge in [0.25, 0.3) is 11.6 Å². The first kappa shape index (κ1) is 18.0. The van der Waals surface area contributed by atoms with E-state index in [9.17, 15) is 14.9 Å². The van der Waals surface area contributed by atoms with Crippen LogP contribution in [0.25, 0.3) is 0 Å². The molecule has 3 rings (SSSR count). The fraction of sp³-hybridized carbons (Fsp3) is 0.111. The molecule has 0 bridgehead atoms. The van der Waals surface area contributed by atoms with Crippen molar-refractivity contribution in [3.63, 3.8) is 0 Å². The summed E-state index contributed by atoms with van der Waals surface area (Å²) in [6, 6.07) is 13.1. The van der Waals surface area contributed by atoms with Crippen LogP contribution in [0.2, 0.25) is 5.02 Å². The molecule has 0 unspecified atom stereocenters. The molecule has 0 aliphatic rings. The maximum Gasteiger partial charge on any atom is 0.269 e. The molecule has 0 fully saturated rings. The third-order valence-electron chi connectivity index (χ3n) is 3.71. The van der Waals surface area contributed by atoms with Crippen LogP contribution in [0.1, 0.15) is 26.5 Å². The number of rotatable bonds is 5. The SMILES string of the molecule is Cc1nc(NC(=O)c2ccc(Cl)cc2)sc1Cc1cccc([N+](=O)[O-])c1. The first-order valence-electron chi connectivity index (χ1n) is 7.69. The van der Waals surface area contributed by atoms with Crippen molar-refractivity contribution in [2.75, 3.05) is 5.32 Å². The van der Waals surface area contributed by atoms with Gasteiger partial charge in [-0.25, -0.2) is 4.98 Å². The van der Waals surface area contributed by atoms with E-state index in [1.165, 1.54) is 17.4 Å². The highest BCUT2D eigenvalue weighted by molar-refractivity contribution is 7.15. The van der Waals surface area contributed by atoms with E-state index in [1.54, 1.807) is 36.4 Å². The summed E-state index contributed by atoms with van der Waals surface area (Å²) in [5, 5.41) is 14.7. The second-order valence-electron chi connectivity index (χ2n) is 5.59. The van der Waals surface area contributed by atoms with Crippen molar-refractivity contribution in [3.8, 4) is 0 Å². The van der Waals surface area contributed by atoms with Gasteiger partial charge in [0.1, 0.15) is 0 Å². The molecule has 0 saturated carbocycles. The maximum absolute atomic E-state index is 12.3. The molecule has 6 nitrogen and oxygen atoms in total. The standard InChI is InChI=1S/C18H14ClN3O3S/c1-11-16(10-12-3-2-4-15(9-12)22(24)25)26-18(20-11)21-17(23)13-5-7-14(19)8-6-13/h2-9H,10H2,1H3,(H,20,21,23). The number of nitro benzene ring substituents is 1. The van der Waals surface area contributed by atoms with E-state index >= 15 is 0 Å². The van der Waals surface area contributed by atoms with Crippen molar-refractivity contribution >= 4 is 39.7 Å². The lowest BCUT2D eigenvalue weighted by atomic mass is 10.1. The van der Waals surface area contributed by atoms with Crippen LogP contribution in [0.15, 0.2) is 48.5 Å². The summed E-state index contributed by atoms with van der Waals surface area (Å²) < 4.78 is 0. The van der Waals surface area contributed by atoms with Gasteiger partial charge in [-0.15, -0.1) is 11.3 Å². The minimum atomic E-state index is -0.416. The number of halogens is 1. The first-order valence-corrected chi connectivity index (χ1v) is 8.88. The largest absolute Gasteiger partial charge is 0.298 e. The Morgan fingerprint density at radius 1 is 1.27 bits per heavy atom. The van der Waals surface area contributed by atoms with Gasteiger partial charge in [0, 0.05) is 34.0 Å². The zero-order valence-electron chi connectivity index (χ0n) is 13.7. The molecule has 0 aliphatic heterocycles. The van der Waals surface area contributed by atoms with Crippen LogP contribution in [0, 0.1) is 17.0 Å². The smallest absolute Gasteiger partial charge is 0.269 e. The monoisotopic (exact) mass is 387 g/mol. The molecule has 1 N–H and O–H groups in total. The minimum Gasteiger partial charge on any atom is -0.298 e. The van der Waals surface area contributed by atoms with Crippen molar-refractivity contribution in [1.29, 1.82) is 0 Å². The molecule has 132 valence electrons. The second-order valence-corrected chi connectivity index (χ2v) is 7.11. The topological polar surface area (TPSA) is 85.1 Å². The summed E-state index contributed by atoms with van der Waals surface area (Å²) in [5.41, 5.74) is 2.15. The molecule has 0 spiro atoms. The van der Waals surface area contributed by atoms with Crippen LogP contribution in [-0.4, -0.2) is 15.8 Å². The number of carbonyl (C=O) groups is 1. The van der Waals surface area contributed by atoms with Crippen molar-refractivity contribution < 1.29 is 9.72 Å². The number of anilines is 1. The molecule has 0 radical (unpaired) electrons. The highest BCUT2D eigenvalue weighted by Gasteiger charge is 2.13. The fourth-order valence-electron chi connectivity index (χ4n) is 2.38. The van der Waals surface area contributed by atoms with Crippen LogP contribution in [-0.2, 0) is 6.42 Å². The summed E-state index contributed by atoms with van der Waals surface area (Å²) in [7, 11) is 0. The Labute approximate surface area is 158 Å². The van der Waals surface area contributed by atoms with Crippen LogP contribution in [0.4, 0.5) is 10.8 Å². The first-order chi connectivity index (χ1) is 12.4. The molecule has 1 aromatic heterocycles. The zero-order valence-corrected chi connectivity index (χ0v) is 15.3. The Morgan fingerprint density at radius 2 is 2.00 bits per heavy atom. The lowest BCUT2D eigenvalue weighted by molar-refractivity contribution is -0.384. The number of nitrogens with zero attached hydrogens (tertiary/aromatic N) is 2. The van der Waals surface area contributed by atoms with Crippen LogP contribution in [0.3, 0.4) is 0 Å². The van der Waals surface area contributed by atoms with E-state index in [0.29, 0.717) is 22.1 Å². The van der Waals surface area contributed by atoms with E-state index in [1.807, 2.05) is 13.0 Å². The number of nitrogens with one attached hydrogen (secondary N) is 1. The van der Waals surface area contributed by atoms with E-state index in [2.05, 4.69) is 10.3 Å². The average Bonchev–Trinajstić information content (AvgIpc) is 2.94. The molecule has 8 heteroatoms. The van der Waals surface area contributed by atoms with Crippen molar-refractivity contribution in [1.82, 2.24) is 4.98 Å². The molecule has 3 aromatic rings. The van der Waals surface area contributed by atoms with Crippen molar-refractivity contribution in [3.05, 3.63) is 85.4 Å². The van der Waals surface area contributed by atoms with Gasteiger partial charge in [-0.2, -0.15) is 0 Å². The second kappa shape index (κ2) is 7.63. The number of aromatic nitrogens is 1. The average molecular weight is 388 g/mol. The predicted octanol–water partition coefficient (Wildman–Crippen LogP) is 4.86. The number of non-ortho nitro benzene ring substituents is 1. The number of benzene rings is 2. The molecular weight excluding hydrogens is 374 g/mol. The van der Waals surface area contributed by atoms with Gasteiger partial charge in [0.2, 0.25) is 0 Å². The number of hydrogen-bond donors (Lipinski definition) is 1. The number of carbonyl (C=O) groups excluding carboxylic acids is 1. The van der Waals surface area contributed by atoms with Crippen LogP contribution < -0.4 is 5.32 Å². The highest BCUT2D eigenvalue weighted by atomic mass is 35.5. The van der Waals surface area contributed by atoms with Crippen molar-refractivity contribution in [2.45, 2.75) is 13.3 Å². The highest BCUT2D eigenvalue weighted by Crippen LogP contribution is 2.27. The normalized spacial score (nSPS) is 10.5. The zero-order chi connectivity index (χ0) is 18.7. The Bertz CT molecular complexity index is 970. The number of aryl methyl sites for hydroxylation is 1. The van der Waals surface area contributed by atoms with Gasteiger partial charge in [0.15, 0.2) is 5.13 Å². The summed E-state index contributed by atoms with van der Waals surface area (Å²) in [4.78, 5) is 28.1. The lowest BCUT2D eigenvalue weighted by Crippen LogP contribution is -2.11. The van der Waals surface area contributed by atoms with Gasteiger partial charge >= 0.3 is 0 Å². The van der Waals surface area contributed by atoms with E-state index in [0.717, 1.165) is 16.1 Å². The third-order valence-corrected chi connectivity index (χ3v) is 5.03. The lowest BCUT2D eigenvalue weighted by Gasteiger charge is -2.01. The molecule has 0 atom stereocenters. The van der Waals surface area contributed by atoms with Crippen molar-refractivity contribution in [2.24, 2.45) is 0 Å². The quantitative estimate of drug-likeness (QED) is 0.500. The number of amides is 1. The van der Waals surface area contributed by atoms with Gasteiger partial charge in [0.05, 0.1) is 10.6 Å². The number of nitro groups is 1. The predicted molar refractivity (Wildman–Crippen MR) is 102 cm³/mol. The molecule has 1 heterocycles. The fourth-order valence-corrected chi connectivity index (χ4v) is 3.50. The van der Waals surface area contributed by atoms with E-state index in [4.69, 9.17) is 11.6 Å². The Morgan fingerprint density at radius 3 is 2.69 bits per heavy atom. The molecule has 2 aromatic carbocycles. The Hall–Kier alpha value is -2.77. The van der Waals surface area contributed by atoms with Gasteiger partial charge < -0.3 is 0 Å². The van der Waals surface area contributed by atoms with Gasteiger partial charge in [-0.3, -0.25) is 20.2 Å². The third kappa shape index (κ3) is 4.25. The summed E-state index contributed by atoms with van der Waals surface area (Å²) in [6.45, 7) is 1.85. The maximum atomic E-state index is 12.3. The molecule has 26 heavy (non-hydrogen) atoms. The molecule has 0 saturated heterocycles. The van der Waals surface area contributed by atoms with Gasteiger partial charge in [-0.1, -0.05) is 23.7 Å². The van der Waals surface area contributed by atoms with Crippen LogP contribution >= 0.6 is 22.9 Å². The minimum absolute atomic E-state index is 0.0564.